The number of sulfonamides is 1. The molecule has 7 nitrogen and oxygen atoms in total. The maximum atomic E-state index is 12.9. The molecule has 1 unspecified atom stereocenters. The van der Waals surface area contributed by atoms with Gasteiger partial charge in [-0.15, -0.1) is 0 Å². The van der Waals surface area contributed by atoms with Crippen LogP contribution in [0.2, 0.25) is 0 Å². The summed E-state index contributed by atoms with van der Waals surface area (Å²) in [5.74, 6) is 0.240. The minimum atomic E-state index is -3.60. The number of oxazole rings is 1. The summed E-state index contributed by atoms with van der Waals surface area (Å²) in [6, 6.07) is 13.7. The number of fused-ring (bicyclic) bond motifs is 1. The van der Waals surface area contributed by atoms with Crippen molar-refractivity contribution in [2.24, 2.45) is 5.92 Å². The molecule has 0 radical (unpaired) electrons. The first-order valence-corrected chi connectivity index (χ1v) is 11.5. The van der Waals surface area contributed by atoms with Gasteiger partial charge in [0.25, 0.3) is 0 Å². The van der Waals surface area contributed by atoms with Gasteiger partial charge in [-0.3, -0.25) is 4.79 Å². The first-order chi connectivity index (χ1) is 14.3. The largest absolute Gasteiger partial charge is 0.440 e. The molecule has 1 aromatic heterocycles. The van der Waals surface area contributed by atoms with E-state index in [9.17, 15) is 13.2 Å². The fraction of sp³-hybridized carbons (Fsp3) is 0.364. The minimum absolute atomic E-state index is 0.173. The lowest BCUT2D eigenvalue weighted by atomic mass is 9.98. The van der Waals surface area contributed by atoms with E-state index in [0.29, 0.717) is 42.1 Å². The summed E-state index contributed by atoms with van der Waals surface area (Å²) < 4.78 is 32.9. The van der Waals surface area contributed by atoms with Crippen LogP contribution in [0.1, 0.15) is 38.5 Å². The summed E-state index contributed by atoms with van der Waals surface area (Å²) in [6.07, 6.45) is 1.29. The Bertz CT molecular complexity index is 1160. The summed E-state index contributed by atoms with van der Waals surface area (Å²) in [7, 11) is -3.60. The first kappa shape index (κ1) is 20.6. The van der Waals surface area contributed by atoms with E-state index in [-0.39, 0.29) is 23.3 Å². The van der Waals surface area contributed by atoms with Crippen LogP contribution in [0.4, 0.5) is 5.69 Å². The average Bonchev–Trinajstić information content (AvgIpc) is 3.18. The highest BCUT2D eigenvalue weighted by Crippen LogP contribution is 2.27. The molecule has 1 atom stereocenters. The minimum Gasteiger partial charge on any atom is -0.440 e. The summed E-state index contributed by atoms with van der Waals surface area (Å²) in [5.41, 5.74) is 1.99. The highest BCUT2D eigenvalue weighted by molar-refractivity contribution is 7.89. The zero-order valence-electron chi connectivity index (χ0n) is 17.0. The second-order valence-electron chi connectivity index (χ2n) is 7.89. The number of carbonyl (C=O) groups is 1. The number of nitrogens with one attached hydrogen (secondary N) is 1. The molecule has 1 amide bonds. The van der Waals surface area contributed by atoms with Crippen LogP contribution in [-0.4, -0.2) is 36.7 Å². The van der Waals surface area contributed by atoms with Gasteiger partial charge in [0.15, 0.2) is 11.5 Å². The number of benzene rings is 2. The van der Waals surface area contributed by atoms with Crippen molar-refractivity contribution in [1.29, 1.82) is 0 Å². The molecule has 2 aromatic carbocycles. The Morgan fingerprint density at radius 1 is 1.20 bits per heavy atom. The molecule has 0 saturated carbocycles. The van der Waals surface area contributed by atoms with Crippen LogP contribution in [0, 0.1) is 5.92 Å². The van der Waals surface area contributed by atoms with Crippen LogP contribution in [0.3, 0.4) is 0 Å². The summed E-state index contributed by atoms with van der Waals surface area (Å²) in [5, 5.41) is 2.91. The second kappa shape index (κ2) is 8.20. The lowest BCUT2D eigenvalue weighted by Crippen LogP contribution is -2.43. The third kappa shape index (κ3) is 4.11. The van der Waals surface area contributed by atoms with Gasteiger partial charge in [0.05, 0.1) is 10.8 Å². The van der Waals surface area contributed by atoms with Gasteiger partial charge in [0, 0.05) is 24.7 Å². The smallest absolute Gasteiger partial charge is 0.243 e. The predicted octanol–water partition coefficient (Wildman–Crippen LogP) is 3.99. The number of piperidine rings is 1. The van der Waals surface area contributed by atoms with E-state index in [1.165, 1.54) is 4.31 Å². The van der Waals surface area contributed by atoms with Crippen molar-refractivity contribution >= 4 is 32.7 Å². The molecular formula is C22H25N3O4S. The highest BCUT2D eigenvalue weighted by Gasteiger charge is 2.33. The topological polar surface area (TPSA) is 92.5 Å². The van der Waals surface area contributed by atoms with Crippen molar-refractivity contribution in [3.63, 3.8) is 0 Å². The number of amides is 1. The standard InChI is InChI=1S/C22H25N3O4S/c1-15(2)22-24-19-13-17(10-11-20(19)29-22)23-21(26)16-7-6-12-25(14-16)30(27,28)18-8-4-3-5-9-18/h3-5,8-11,13,15-16H,6-7,12,14H2,1-2H3,(H,23,26). The summed E-state index contributed by atoms with van der Waals surface area (Å²) in [6.45, 7) is 4.61. The van der Waals surface area contributed by atoms with Gasteiger partial charge in [-0.1, -0.05) is 32.0 Å². The van der Waals surface area contributed by atoms with E-state index < -0.39 is 15.9 Å². The highest BCUT2D eigenvalue weighted by atomic mass is 32.2. The Hall–Kier alpha value is -2.71. The number of aromatic nitrogens is 1. The molecule has 0 spiro atoms. The monoisotopic (exact) mass is 427 g/mol. The fourth-order valence-electron chi connectivity index (χ4n) is 3.63. The molecule has 1 aliphatic rings. The van der Waals surface area contributed by atoms with E-state index in [2.05, 4.69) is 10.3 Å². The molecule has 30 heavy (non-hydrogen) atoms. The van der Waals surface area contributed by atoms with Gasteiger partial charge in [-0.25, -0.2) is 13.4 Å². The van der Waals surface area contributed by atoms with E-state index in [1.807, 2.05) is 13.8 Å². The van der Waals surface area contributed by atoms with Crippen LogP contribution in [-0.2, 0) is 14.8 Å². The lowest BCUT2D eigenvalue weighted by Gasteiger charge is -2.31. The number of rotatable bonds is 5. The second-order valence-corrected chi connectivity index (χ2v) is 9.83. The zero-order chi connectivity index (χ0) is 21.3. The van der Waals surface area contributed by atoms with E-state index >= 15 is 0 Å². The van der Waals surface area contributed by atoms with Crippen molar-refractivity contribution in [2.75, 3.05) is 18.4 Å². The predicted molar refractivity (Wildman–Crippen MR) is 115 cm³/mol. The molecule has 1 N–H and O–H groups in total. The van der Waals surface area contributed by atoms with Crippen LogP contribution in [0.5, 0.6) is 0 Å². The lowest BCUT2D eigenvalue weighted by molar-refractivity contribution is -0.120. The molecule has 0 bridgehead atoms. The number of anilines is 1. The number of hydrogen-bond donors (Lipinski definition) is 1. The molecule has 1 saturated heterocycles. The van der Waals surface area contributed by atoms with Crippen molar-refractivity contribution in [2.45, 2.75) is 37.5 Å². The molecule has 2 heterocycles. The zero-order valence-corrected chi connectivity index (χ0v) is 17.9. The Balaban J connectivity index is 1.47. The Morgan fingerprint density at radius 2 is 1.97 bits per heavy atom. The normalized spacial score (nSPS) is 18.0. The van der Waals surface area contributed by atoms with Crippen LogP contribution in [0.15, 0.2) is 57.8 Å². The van der Waals surface area contributed by atoms with Gasteiger partial charge < -0.3 is 9.73 Å². The molecular weight excluding hydrogens is 402 g/mol. The SMILES string of the molecule is CC(C)c1nc2cc(NC(=O)C3CCCN(S(=O)(=O)c4ccccc4)C3)ccc2o1. The summed E-state index contributed by atoms with van der Waals surface area (Å²) in [4.78, 5) is 17.6. The summed E-state index contributed by atoms with van der Waals surface area (Å²) >= 11 is 0. The van der Waals surface area contributed by atoms with Gasteiger partial charge in [-0.2, -0.15) is 4.31 Å². The average molecular weight is 428 g/mol. The Labute approximate surface area is 176 Å². The quantitative estimate of drug-likeness (QED) is 0.665. The van der Waals surface area contributed by atoms with Crippen LogP contribution < -0.4 is 5.32 Å². The van der Waals surface area contributed by atoms with Gasteiger partial charge in [0.2, 0.25) is 15.9 Å². The fourth-order valence-corrected chi connectivity index (χ4v) is 5.18. The molecule has 0 aliphatic carbocycles. The Kier molecular flexibility index (Phi) is 5.62. The van der Waals surface area contributed by atoms with E-state index in [4.69, 9.17) is 4.42 Å². The van der Waals surface area contributed by atoms with Gasteiger partial charge in [0.1, 0.15) is 5.52 Å². The van der Waals surface area contributed by atoms with Crippen molar-refractivity contribution < 1.29 is 17.6 Å². The van der Waals surface area contributed by atoms with E-state index in [0.717, 1.165) is 0 Å². The third-order valence-corrected chi connectivity index (χ3v) is 7.18. The molecule has 1 aliphatic heterocycles. The Morgan fingerprint density at radius 3 is 2.70 bits per heavy atom. The molecule has 8 heteroatoms. The van der Waals surface area contributed by atoms with E-state index in [1.54, 1.807) is 48.5 Å². The van der Waals surface area contributed by atoms with Crippen molar-refractivity contribution in [1.82, 2.24) is 9.29 Å². The van der Waals surface area contributed by atoms with Crippen molar-refractivity contribution in [3.8, 4) is 0 Å². The molecule has 4 rings (SSSR count). The molecule has 1 fully saturated rings. The third-order valence-electron chi connectivity index (χ3n) is 5.30. The van der Waals surface area contributed by atoms with Gasteiger partial charge in [-0.05, 0) is 43.2 Å². The number of carbonyl (C=O) groups excluding carboxylic acids is 1. The molecule has 158 valence electrons. The first-order valence-electron chi connectivity index (χ1n) is 10.1. The van der Waals surface area contributed by atoms with Crippen LogP contribution >= 0.6 is 0 Å². The van der Waals surface area contributed by atoms with Crippen LogP contribution in [0.25, 0.3) is 11.1 Å². The number of nitrogens with zero attached hydrogens (tertiary/aromatic N) is 2. The maximum absolute atomic E-state index is 12.9. The van der Waals surface area contributed by atoms with Crippen molar-refractivity contribution in [3.05, 3.63) is 54.4 Å². The van der Waals surface area contributed by atoms with Gasteiger partial charge >= 0.3 is 0 Å². The maximum Gasteiger partial charge on any atom is 0.243 e. The molecule has 3 aromatic rings. The number of hydrogen-bond acceptors (Lipinski definition) is 5.